The predicted molar refractivity (Wildman–Crippen MR) is 116 cm³/mol. The second-order valence-electron chi connectivity index (χ2n) is 7.16. The summed E-state index contributed by atoms with van der Waals surface area (Å²) in [5.41, 5.74) is 0.837. The van der Waals surface area contributed by atoms with Gasteiger partial charge in [0.1, 0.15) is 17.4 Å². The largest absolute Gasteiger partial charge is 0.327 e. The molecule has 0 N–H and O–H groups in total. The van der Waals surface area contributed by atoms with Crippen molar-refractivity contribution in [2.45, 2.75) is 44.2 Å². The average Bonchev–Trinajstić information content (AvgIpc) is 3.11. The molecular weight excluding hydrogens is 449 g/mol. The van der Waals surface area contributed by atoms with E-state index in [0.717, 1.165) is 24.8 Å². The van der Waals surface area contributed by atoms with Gasteiger partial charge in [0.15, 0.2) is 0 Å². The third-order valence-electron chi connectivity index (χ3n) is 5.30. The molecule has 0 saturated carbocycles. The number of aryl methyl sites for hydroxylation is 1. The highest BCUT2D eigenvalue weighted by Gasteiger charge is 2.26. The zero-order valence-electron chi connectivity index (χ0n) is 16.4. The number of benzene rings is 1. The van der Waals surface area contributed by atoms with Crippen LogP contribution >= 0.6 is 23.2 Å². The summed E-state index contributed by atoms with van der Waals surface area (Å²) < 4.78 is 30.7. The lowest BCUT2D eigenvalue weighted by molar-refractivity contribution is 0.346. The van der Waals surface area contributed by atoms with Crippen LogP contribution in [0.1, 0.15) is 32.0 Å². The summed E-state index contributed by atoms with van der Waals surface area (Å²) in [5, 5.41) is 4.02. The Labute approximate surface area is 184 Å². The second-order valence-corrected chi connectivity index (χ2v) is 9.88. The van der Waals surface area contributed by atoms with E-state index in [1.54, 1.807) is 18.2 Å². The molecule has 0 radical (unpaired) electrons. The van der Waals surface area contributed by atoms with Crippen LogP contribution in [0.25, 0.3) is 11.0 Å². The van der Waals surface area contributed by atoms with Crippen LogP contribution in [-0.2, 0) is 23.1 Å². The number of hydrogen-bond acceptors (Lipinski definition) is 5. The normalized spacial score (nSPS) is 15.7. The van der Waals surface area contributed by atoms with Gasteiger partial charge in [-0.3, -0.25) is 4.79 Å². The molecule has 1 aliphatic rings. The van der Waals surface area contributed by atoms with Crippen LogP contribution in [0.4, 0.5) is 0 Å². The minimum atomic E-state index is -3.56. The Morgan fingerprint density at radius 1 is 1.13 bits per heavy atom. The van der Waals surface area contributed by atoms with E-state index < -0.39 is 15.6 Å². The van der Waals surface area contributed by atoms with Gasteiger partial charge in [0.25, 0.3) is 5.56 Å². The topological polar surface area (TPSA) is 90.1 Å². The van der Waals surface area contributed by atoms with Crippen molar-refractivity contribution in [3.63, 3.8) is 0 Å². The molecule has 8 nitrogen and oxygen atoms in total. The number of sulfonamides is 1. The SMILES string of the molecule is CCn1c(Cn2ncc(Cl)c(Cl)c2=O)nc2cc(S(=O)(=O)N3CCCCC3)ccc21. The fraction of sp³-hybridized carbons (Fsp3) is 0.421. The summed E-state index contributed by atoms with van der Waals surface area (Å²) in [6.07, 6.45) is 4.12. The lowest BCUT2D eigenvalue weighted by atomic mass is 10.2. The molecule has 1 aromatic carbocycles. The molecule has 0 aliphatic carbocycles. The highest BCUT2D eigenvalue weighted by molar-refractivity contribution is 7.89. The molecule has 1 aliphatic heterocycles. The minimum absolute atomic E-state index is 0.0897. The van der Waals surface area contributed by atoms with E-state index in [0.29, 0.717) is 31.0 Å². The molecular formula is C19H21Cl2N5O3S. The van der Waals surface area contributed by atoms with Crippen LogP contribution in [0, 0.1) is 0 Å². The molecule has 30 heavy (non-hydrogen) atoms. The van der Waals surface area contributed by atoms with Gasteiger partial charge in [-0.25, -0.2) is 18.1 Å². The lowest BCUT2D eigenvalue weighted by Crippen LogP contribution is -2.35. The number of nitrogens with zero attached hydrogens (tertiary/aromatic N) is 5. The van der Waals surface area contributed by atoms with Gasteiger partial charge in [0.05, 0.1) is 27.1 Å². The predicted octanol–water partition coefficient (Wildman–Crippen LogP) is 3.14. The molecule has 11 heteroatoms. The highest BCUT2D eigenvalue weighted by Crippen LogP contribution is 2.25. The van der Waals surface area contributed by atoms with Crippen LogP contribution in [0.2, 0.25) is 10.0 Å². The van der Waals surface area contributed by atoms with Crippen molar-refractivity contribution in [2.75, 3.05) is 13.1 Å². The standard InChI is InChI=1S/C19H21Cl2N5O3S/c1-2-25-16-7-6-13(30(28,29)24-8-4-3-5-9-24)10-15(16)23-17(25)12-26-19(27)18(21)14(20)11-22-26/h6-7,10-11H,2-5,8-9,12H2,1H3. The van der Waals surface area contributed by atoms with Gasteiger partial charge in [-0.1, -0.05) is 29.6 Å². The summed E-state index contributed by atoms with van der Waals surface area (Å²) in [6, 6.07) is 4.98. The number of aromatic nitrogens is 4. The first-order valence-corrected chi connectivity index (χ1v) is 11.9. The summed E-state index contributed by atoms with van der Waals surface area (Å²) in [7, 11) is -3.56. The maximum absolute atomic E-state index is 13.0. The summed E-state index contributed by atoms with van der Waals surface area (Å²) in [5.74, 6) is 0.577. The van der Waals surface area contributed by atoms with E-state index in [4.69, 9.17) is 23.2 Å². The Morgan fingerprint density at radius 2 is 1.87 bits per heavy atom. The van der Waals surface area contributed by atoms with Gasteiger partial charge >= 0.3 is 0 Å². The van der Waals surface area contributed by atoms with Crippen LogP contribution in [-0.4, -0.2) is 45.1 Å². The van der Waals surface area contributed by atoms with Crippen LogP contribution in [0.3, 0.4) is 0 Å². The highest BCUT2D eigenvalue weighted by atomic mass is 35.5. The van der Waals surface area contributed by atoms with Crippen molar-refractivity contribution < 1.29 is 8.42 Å². The van der Waals surface area contributed by atoms with E-state index in [9.17, 15) is 13.2 Å². The quantitative estimate of drug-likeness (QED) is 0.572. The van der Waals surface area contributed by atoms with Crippen molar-refractivity contribution in [3.8, 4) is 0 Å². The molecule has 0 unspecified atom stereocenters. The fourth-order valence-electron chi connectivity index (χ4n) is 3.74. The summed E-state index contributed by atoms with van der Waals surface area (Å²) in [4.78, 5) is 17.2. The van der Waals surface area contributed by atoms with Crippen molar-refractivity contribution >= 4 is 44.3 Å². The molecule has 0 bridgehead atoms. The average molecular weight is 470 g/mol. The first-order valence-electron chi connectivity index (χ1n) is 9.73. The summed E-state index contributed by atoms with van der Waals surface area (Å²) >= 11 is 11.8. The Balaban J connectivity index is 1.74. The van der Waals surface area contributed by atoms with Crippen LogP contribution in [0.5, 0.6) is 0 Å². The van der Waals surface area contributed by atoms with E-state index in [-0.39, 0.29) is 21.5 Å². The Kier molecular flexibility index (Phi) is 5.89. The smallest absolute Gasteiger partial charge is 0.287 e. The monoisotopic (exact) mass is 469 g/mol. The Hall–Kier alpha value is -1.94. The molecule has 2 aromatic heterocycles. The number of fused-ring (bicyclic) bond motifs is 1. The van der Waals surface area contributed by atoms with Crippen molar-refractivity contribution in [2.24, 2.45) is 0 Å². The molecule has 4 rings (SSSR count). The van der Waals surface area contributed by atoms with Gasteiger partial charge in [0, 0.05) is 19.6 Å². The third-order valence-corrected chi connectivity index (χ3v) is 7.94. The lowest BCUT2D eigenvalue weighted by Gasteiger charge is -2.25. The molecule has 1 saturated heterocycles. The van der Waals surface area contributed by atoms with E-state index >= 15 is 0 Å². The molecule has 1 fully saturated rings. The number of hydrogen-bond donors (Lipinski definition) is 0. The van der Waals surface area contributed by atoms with Gasteiger partial charge in [-0.2, -0.15) is 9.40 Å². The zero-order valence-corrected chi connectivity index (χ0v) is 18.7. The third kappa shape index (κ3) is 3.75. The minimum Gasteiger partial charge on any atom is -0.327 e. The number of imidazole rings is 1. The maximum Gasteiger partial charge on any atom is 0.287 e. The number of rotatable bonds is 5. The van der Waals surface area contributed by atoms with Gasteiger partial charge in [0.2, 0.25) is 10.0 Å². The molecule has 0 atom stereocenters. The maximum atomic E-state index is 13.0. The Bertz CT molecular complexity index is 1260. The molecule has 3 aromatic rings. The van der Waals surface area contributed by atoms with Gasteiger partial charge in [-0.05, 0) is 38.0 Å². The van der Waals surface area contributed by atoms with Crippen LogP contribution in [0.15, 0.2) is 34.1 Å². The number of piperidine rings is 1. The summed E-state index contributed by atoms with van der Waals surface area (Å²) in [6.45, 7) is 3.72. The Morgan fingerprint density at radius 3 is 2.57 bits per heavy atom. The van der Waals surface area contributed by atoms with Crippen molar-refractivity contribution in [1.29, 1.82) is 0 Å². The molecule has 0 spiro atoms. The van der Waals surface area contributed by atoms with E-state index in [1.165, 1.54) is 15.2 Å². The second kappa shape index (κ2) is 8.30. The van der Waals surface area contributed by atoms with Crippen molar-refractivity contribution in [3.05, 3.63) is 50.6 Å². The van der Waals surface area contributed by atoms with Gasteiger partial charge in [-0.15, -0.1) is 0 Å². The van der Waals surface area contributed by atoms with E-state index in [1.807, 2.05) is 11.5 Å². The molecule has 3 heterocycles. The van der Waals surface area contributed by atoms with Crippen LogP contribution < -0.4 is 5.56 Å². The first kappa shape index (κ1) is 21.3. The van der Waals surface area contributed by atoms with Gasteiger partial charge < -0.3 is 4.57 Å². The zero-order chi connectivity index (χ0) is 21.5. The molecule has 0 amide bonds. The molecule has 160 valence electrons. The fourth-order valence-corrected chi connectivity index (χ4v) is 5.55. The van der Waals surface area contributed by atoms with Crippen molar-refractivity contribution in [1.82, 2.24) is 23.6 Å². The van der Waals surface area contributed by atoms with E-state index in [2.05, 4.69) is 10.1 Å². The number of halogens is 2. The first-order chi connectivity index (χ1) is 14.3.